The van der Waals surface area contributed by atoms with Gasteiger partial charge in [-0.3, -0.25) is 4.79 Å². The first kappa shape index (κ1) is 18.2. The fraction of sp³-hybridized carbons (Fsp3) is 0.450. The van der Waals surface area contributed by atoms with Crippen LogP contribution in [0.1, 0.15) is 44.1 Å². The number of carbonyl (C=O) groups excluding carboxylic acids is 1. The molecule has 6 nitrogen and oxygen atoms in total. The molecule has 1 aliphatic rings. The molecule has 1 fully saturated rings. The number of piperidine rings is 1. The number of likely N-dealkylation sites (tertiary alicyclic amines) is 1. The number of ether oxygens (including phenoxy) is 1. The van der Waals surface area contributed by atoms with Crippen molar-refractivity contribution in [2.24, 2.45) is 5.92 Å². The predicted molar refractivity (Wildman–Crippen MR) is 102 cm³/mol. The number of benzene rings is 1. The Morgan fingerprint density at radius 1 is 1.27 bits per heavy atom. The number of para-hydroxylation sites is 2. The number of nitrogens with one attached hydrogen (secondary N) is 1. The average Bonchev–Trinajstić information content (AvgIpc) is 2.63. The highest BCUT2D eigenvalue weighted by Gasteiger charge is 2.23. The van der Waals surface area contributed by atoms with Gasteiger partial charge in [0.15, 0.2) is 0 Å². The molecule has 0 aliphatic carbocycles. The molecular weight excluding hydrogens is 328 g/mol. The first-order chi connectivity index (χ1) is 12.5. The molecule has 0 saturated carbocycles. The SMILES string of the molecule is CC1CCCN(C(=O)c2cnc(Nc3ccccc3OC(C)C)cn2)C1. The Morgan fingerprint density at radius 2 is 2.08 bits per heavy atom. The summed E-state index contributed by atoms with van der Waals surface area (Å²) in [7, 11) is 0. The molecule has 1 unspecified atom stereocenters. The van der Waals surface area contributed by atoms with Gasteiger partial charge in [-0.05, 0) is 44.7 Å². The van der Waals surface area contributed by atoms with Gasteiger partial charge < -0.3 is 15.0 Å². The highest BCUT2D eigenvalue weighted by Crippen LogP contribution is 2.27. The molecule has 6 heteroatoms. The van der Waals surface area contributed by atoms with Gasteiger partial charge in [-0.2, -0.15) is 0 Å². The fourth-order valence-electron chi connectivity index (χ4n) is 3.10. The van der Waals surface area contributed by atoms with E-state index in [-0.39, 0.29) is 12.0 Å². The number of hydrogen-bond acceptors (Lipinski definition) is 5. The standard InChI is InChI=1S/C20H26N4O2/c1-14(2)26-18-9-5-4-8-16(18)23-19-12-21-17(11-22-19)20(25)24-10-6-7-15(3)13-24/h4-5,8-9,11-12,14-15H,6-7,10,13H2,1-3H3,(H,22,23). The van der Waals surface area contributed by atoms with E-state index in [1.807, 2.05) is 43.0 Å². The van der Waals surface area contributed by atoms with Crippen molar-refractivity contribution in [3.05, 3.63) is 42.4 Å². The lowest BCUT2D eigenvalue weighted by molar-refractivity contribution is 0.0676. The van der Waals surface area contributed by atoms with E-state index in [9.17, 15) is 4.79 Å². The Kier molecular flexibility index (Phi) is 5.71. The van der Waals surface area contributed by atoms with Crippen molar-refractivity contribution in [1.29, 1.82) is 0 Å². The predicted octanol–water partition coefficient (Wildman–Crippen LogP) is 3.88. The van der Waals surface area contributed by atoms with Crippen LogP contribution in [0, 0.1) is 5.92 Å². The summed E-state index contributed by atoms with van der Waals surface area (Å²) in [5, 5.41) is 3.21. The second-order valence-corrected chi connectivity index (χ2v) is 7.07. The summed E-state index contributed by atoms with van der Waals surface area (Å²) in [5.41, 5.74) is 1.20. The average molecular weight is 354 g/mol. The van der Waals surface area contributed by atoms with Crippen molar-refractivity contribution in [2.75, 3.05) is 18.4 Å². The molecule has 3 rings (SSSR count). The number of rotatable bonds is 5. The van der Waals surface area contributed by atoms with Crippen LogP contribution in [0.4, 0.5) is 11.5 Å². The summed E-state index contributed by atoms with van der Waals surface area (Å²) in [5.74, 6) is 1.83. The van der Waals surface area contributed by atoms with Crippen molar-refractivity contribution >= 4 is 17.4 Å². The summed E-state index contributed by atoms with van der Waals surface area (Å²) < 4.78 is 5.80. The number of carbonyl (C=O) groups is 1. The Morgan fingerprint density at radius 3 is 2.77 bits per heavy atom. The second-order valence-electron chi connectivity index (χ2n) is 7.07. The summed E-state index contributed by atoms with van der Waals surface area (Å²) in [4.78, 5) is 23.1. The molecule has 1 amide bonds. The van der Waals surface area contributed by atoms with Crippen LogP contribution in [0.25, 0.3) is 0 Å². The van der Waals surface area contributed by atoms with Gasteiger partial charge in [-0.1, -0.05) is 19.1 Å². The van der Waals surface area contributed by atoms with Crippen molar-refractivity contribution < 1.29 is 9.53 Å². The molecule has 2 heterocycles. The number of amides is 1. The lowest BCUT2D eigenvalue weighted by Gasteiger charge is -2.30. The van der Waals surface area contributed by atoms with Crippen LogP contribution < -0.4 is 10.1 Å². The maximum Gasteiger partial charge on any atom is 0.274 e. The third-order valence-electron chi connectivity index (χ3n) is 4.33. The third kappa shape index (κ3) is 4.50. The number of anilines is 2. The van der Waals surface area contributed by atoms with Gasteiger partial charge in [0.2, 0.25) is 0 Å². The van der Waals surface area contributed by atoms with Crippen LogP contribution in [0.15, 0.2) is 36.7 Å². The highest BCUT2D eigenvalue weighted by molar-refractivity contribution is 5.92. The Balaban J connectivity index is 1.69. The summed E-state index contributed by atoms with van der Waals surface area (Å²) in [6.07, 6.45) is 5.43. The molecule has 26 heavy (non-hydrogen) atoms. The minimum Gasteiger partial charge on any atom is -0.489 e. The van der Waals surface area contributed by atoms with Crippen molar-refractivity contribution in [2.45, 2.75) is 39.7 Å². The van der Waals surface area contributed by atoms with E-state index in [0.29, 0.717) is 17.4 Å². The highest BCUT2D eigenvalue weighted by atomic mass is 16.5. The smallest absolute Gasteiger partial charge is 0.274 e. The minimum atomic E-state index is -0.0425. The maximum absolute atomic E-state index is 12.6. The second kappa shape index (κ2) is 8.17. The third-order valence-corrected chi connectivity index (χ3v) is 4.33. The molecule has 1 aromatic heterocycles. The first-order valence-electron chi connectivity index (χ1n) is 9.17. The zero-order chi connectivity index (χ0) is 18.5. The normalized spacial score (nSPS) is 17.2. The Labute approximate surface area is 154 Å². The van der Waals surface area contributed by atoms with Crippen LogP contribution in [0.3, 0.4) is 0 Å². The van der Waals surface area contributed by atoms with E-state index in [0.717, 1.165) is 30.9 Å². The van der Waals surface area contributed by atoms with E-state index in [1.54, 1.807) is 6.20 Å². The molecule has 1 saturated heterocycles. The molecule has 0 bridgehead atoms. The lowest BCUT2D eigenvalue weighted by Crippen LogP contribution is -2.39. The van der Waals surface area contributed by atoms with Crippen LogP contribution in [-0.2, 0) is 0 Å². The van der Waals surface area contributed by atoms with Gasteiger partial charge in [-0.15, -0.1) is 0 Å². The molecule has 1 aromatic carbocycles. The molecule has 1 N–H and O–H groups in total. The Hall–Kier alpha value is -2.63. The minimum absolute atomic E-state index is 0.0425. The number of aromatic nitrogens is 2. The summed E-state index contributed by atoms with van der Waals surface area (Å²) in [6.45, 7) is 7.73. The van der Waals surface area contributed by atoms with E-state index < -0.39 is 0 Å². The quantitative estimate of drug-likeness (QED) is 0.882. The van der Waals surface area contributed by atoms with Crippen LogP contribution in [0.2, 0.25) is 0 Å². The topological polar surface area (TPSA) is 67.4 Å². The van der Waals surface area contributed by atoms with Crippen molar-refractivity contribution in [3.8, 4) is 5.75 Å². The molecule has 1 atom stereocenters. The first-order valence-corrected chi connectivity index (χ1v) is 9.17. The van der Waals surface area contributed by atoms with E-state index >= 15 is 0 Å². The van der Waals surface area contributed by atoms with Crippen LogP contribution in [-0.4, -0.2) is 40.0 Å². The Bertz CT molecular complexity index is 746. The molecule has 138 valence electrons. The van der Waals surface area contributed by atoms with Gasteiger partial charge in [0.05, 0.1) is 24.2 Å². The molecule has 2 aromatic rings. The van der Waals surface area contributed by atoms with Gasteiger partial charge in [-0.25, -0.2) is 9.97 Å². The largest absolute Gasteiger partial charge is 0.489 e. The summed E-state index contributed by atoms with van der Waals surface area (Å²) in [6, 6.07) is 7.69. The van der Waals surface area contributed by atoms with E-state index in [4.69, 9.17) is 4.74 Å². The van der Waals surface area contributed by atoms with Gasteiger partial charge in [0.1, 0.15) is 17.3 Å². The molecule has 0 spiro atoms. The number of nitrogens with zero attached hydrogens (tertiary/aromatic N) is 3. The number of hydrogen-bond donors (Lipinski definition) is 1. The van der Waals surface area contributed by atoms with Crippen molar-refractivity contribution in [1.82, 2.24) is 14.9 Å². The van der Waals surface area contributed by atoms with Gasteiger partial charge in [0, 0.05) is 13.1 Å². The van der Waals surface area contributed by atoms with Gasteiger partial charge >= 0.3 is 0 Å². The molecule has 1 aliphatic heterocycles. The van der Waals surface area contributed by atoms with Gasteiger partial charge in [0.25, 0.3) is 5.91 Å². The van der Waals surface area contributed by atoms with Crippen LogP contribution >= 0.6 is 0 Å². The van der Waals surface area contributed by atoms with Crippen molar-refractivity contribution in [3.63, 3.8) is 0 Å². The lowest BCUT2D eigenvalue weighted by atomic mass is 10.0. The zero-order valence-corrected chi connectivity index (χ0v) is 15.6. The summed E-state index contributed by atoms with van der Waals surface area (Å²) >= 11 is 0. The zero-order valence-electron chi connectivity index (χ0n) is 15.6. The molecular formula is C20H26N4O2. The fourth-order valence-corrected chi connectivity index (χ4v) is 3.10. The van der Waals surface area contributed by atoms with Crippen LogP contribution in [0.5, 0.6) is 5.75 Å². The van der Waals surface area contributed by atoms with E-state index in [2.05, 4.69) is 22.2 Å². The van der Waals surface area contributed by atoms with E-state index in [1.165, 1.54) is 12.6 Å². The molecule has 0 radical (unpaired) electrons. The monoisotopic (exact) mass is 354 g/mol. The maximum atomic E-state index is 12.6.